The average Bonchev–Trinajstić information content (AvgIpc) is 2.80. The molecule has 4 saturated carbocycles. The second kappa shape index (κ2) is 4.31. The molecule has 18 heavy (non-hydrogen) atoms. The van der Waals surface area contributed by atoms with E-state index < -0.39 is 0 Å². The molecule has 5 rings (SSSR count). The SMILES string of the molecule is OC(Cc1nccs1)C1C2CC3CC(C2)CC1C3. The second-order valence-corrected chi connectivity index (χ2v) is 7.68. The highest BCUT2D eigenvalue weighted by Gasteiger charge is 2.50. The topological polar surface area (TPSA) is 33.1 Å². The van der Waals surface area contributed by atoms with Crippen LogP contribution in [0.2, 0.25) is 0 Å². The van der Waals surface area contributed by atoms with Gasteiger partial charge in [-0.1, -0.05) is 0 Å². The Bertz CT molecular complexity index is 388. The van der Waals surface area contributed by atoms with Gasteiger partial charge in [-0.05, 0) is 61.7 Å². The molecule has 1 aromatic heterocycles. The van der Waals surface area contributed by atoms with Gasteiger partial charge in [-0.15, -0.1) is 11.3 Å². The summed E-state index contributed by atoms with van der Waals surface area (Å²) in [6.07, 6.45) is 9.56. The number of hydrogen-bond acceptors (Lipinski definition) is 3. The molecule has 1 unspecified atom stereocenters. The Labute approximate surface area is 112 Å². The van der Waals surface area contributed by atoms with Crippen molar-refractivity contribution in [3.63, 3.8) is 0 Å². The van der Waals surface area contributed by atoms with Crippen LogP contribution in [0.4, 0.5) is 0 Å². The van der Waals surface area contributed by atoms with Gasteiger partial charge in [0.15, 0.2) is 0 Å². The number of rotatable bonds is 3. The van der Waals surface area contributed by atoms with E-state index in [1.165, 1.54) is 32.1 Å². The highest BCUT2D eigenvalue weighted by molar-refractivity contribution is 7.09. The van der Waals surface area contributed by atoms with Crippen molar-refractivity contribution in [2.24, 2.45) is 29.6 Å². The first-order chi connectivity index (χ1) is 8.79. The molecule has 0 aromatic carbocycles. The van der Waals surface area contributed by atoms with Crippen LogP contribution in [-0.2, 0) is 6.42 Å². The third-order valence-electron chi connectivity index (χ3n) is 5.61. The molecule has 0 amide bonds. The van der Waals surface area contributed by atoms with Crippen LogP contribution in [0.25, 0.3) is 0 Å². The van der Waals surface area contributed by atoms with E-state index in [1.54, 1.807) is 11.3 Å². The van der Waals surface area contributed by atoms with E-state index in [1.807, 2.05) is 11.6 Å². The standard InChI is InChI=1S/C15H21NOS/c17-13(8-14-16-1-2-18-14)15-11-4-9-3-10(6-11)7-12(15)5-9/h1-2,9-13,15,17H,3-8H2. The van der Waals surface area contributed by atoms with Gasteiger partial charge in [-0.2, -0.15) is 0 Å². The monoisotopic (exact) mass is 263 g/mol. The zero-order chi connectivity index (χ0) is 12.1. The molecule has 1 N–H and O–H groups in total. The van der Waals surface area contributed by atoms with Crippen LogP contribution in [0, 0.1) is 29.6 Å². The number of thiazole rings is 1. The van der Waals surface area contributed by atoms with Crippen molar-refractivity contribution >= 4 is 11.3 Å². The summed E-state index contributed by atoms with van der Waals surface area (Å²) in [5.74, 6) is 4.20. The van der Waals surface area contributed by atoms with Gasteiger partial charge >= 0.3 is 0 Å². The maximum absolute atomic E-state index is 10.6. The Morgan fingerprint density at radius 2 is 1.83 bits per heavy atom. The Morgan fingerprint density at radius 3 is 2.39 bits per heavy atom. The van der Waals surface area contributed by atoms with Crippen LogP contribution in [0.1, 0.15) is 37.1 Å². The summed E-state index contributed by atoms with van der Waals surface area (Å²) in [4.78, 5) is 4.33. The molecule has 2 nitrogen and oxygen atoms in total. The molecule has 0 aliphatic heterocycles. The highest BCUT2D eigenvalue weighted by Crippen LogP contribution is 2.57. The average molecular weight is 263 g/mol. The normalized spacial score (nSPS) is 43.3. The van der Waals surface area contributed by atoms with Gasteiger partial charge in [0.1, 0.15) is 0 Å². The molecule has 4 fully saturated rings. The summed E-state index contributed by atoms with van der Waals surface area (Å²) >= 11 is 1.68. The molecular weight excluding hydrogens is 242 g/mol. The van der Waals surface area contributed by atoms with Gasteiger partial charge in [0.2, 0.25) is 0 Å². The first kappa shape index (κ1) is 11.4. The maximum Gasteiger partial charge on any atom is 0.0950 e. The molecule has 98 valence electrons. The molecule has 0 spiro atoms. The first-order valence-electron chi connectivity index (χ1n) is 7.36. The minimum Gasteiger partial charge on any atom is -0.392 e. The lowest BCUT2D eigenvalue weighted by atomic mass is 9.50. The fourth-order valence-electron chi connectivity index (χ4n) is 5.26. The van der Waals surface area contributed by atoms with Crippen LogP contribution in [0.5, 0.6) is 0 Å². The van der Waals surface area contributed by atoms with Crippen LogP contribution in [-0.4, -0.2) is 16.2 Å². The third-order valence-corrected chi connectivity index (χ3v) is 6.41. The minimum atomic E-state index is -0.147. The number of nitrogens with zero attached hydrogens (tertiary/aromatic N) is 1. The first-order valence-corrected chi connectivity index (χ1v) is 8.24. The molecule has 1 aromatic rings. The maximum atomic E-state index is 10.6. The van der Waals surface area contributed by atoms with Gasteiger partial charge in [0.25, 0.3) is 0 Å². The summed E-state index contributed by atoms with van der Waals surface area (Å²) in [5.41, 5.74) is 0. The van der Waals surface area contributed by atoms with E-state index in [-0.39, 0.29) is 6.10 Å². The van der Waals surface area contributed by atoms with E-state index in [2.05, 4.69) is 4.98 Å². The van der Waals surface area contributed by atoms with Crippen LogP contribution < -0.4 is 0 Å². The summed E-state index contributed by atoms with van der Waals surface area (Å²) < 4.78 is 0. The molecule has 1 heterocycles. The summed E-state index contributed by atoms with van der Waals surface area (Å²) in [6, 6.07) is 0. The van der Waals surface area contributed by atoms with Crippen molar-refractivity contribution in [1.82, 2.24) is 4.98 Å². The summed E-state index contributed by atoms with van der Waals surface area (Å²) in [5, 5.41) is 13.7. The Balaban J connectivity index is 1.50. The van der Waals surface area contributed by atoms with E-state index in [9.17, 15) is 5.11 Å². The minimum absolute atomic E-state index is 0.147. The molecule has 0 saturated heterocycles. The van der Waals surface area contributed by atoms with Crippen molar-refractivity contribution in [3.05, 3.63) is 16.6 Å². The molecule has 1 atom stereocenters. The van der Waals surface area contributed by atoms with E-state index >= 15 is 0 Å². The lowest BCUT2D eigenvalue weighted by Crippen LogP contribution is -2.49. The quantitative estimate of drug-likeness (QED) is 0.909. The predicted octanol–water partition coefficient (Wildman–Crippen LogP) is 3.12. The van der Waals surface area contributed by atoms with Crippen molar-refractivity contribution in [1.29, 1.82) is 0 Å². The van der Waals surface area contributed by atoms with Crippen molar-refractivity contribution in [2.75, 3.05) is 0 Å². The molecule has 4 aliphatic rings. The molecule has 4 aliphatic carbocycles. The van der Waals surface area contributed by atoms with Crippen molar-refractivity contribution < 1.29 is 5.11 Å². The lowest BCUT2D eigenvalue weighted by molar-refractivity contribution is -0.0887. The number of aromatic nitrogens is 1. The Hall–Kier alpha value is -0.410. The van der Waals surface area contributed by atoms with E-state index in [0.717, 1.165) is 35.1 Å². The zero-order valence-electron chi connectivity index (χ0n) is 10.7. The van der Waals surface area contributed by atoms with Crippen molar-refractivity contribution in [3.8, 4) is 0 Å². The Kier molecular flexibility index (Phi) is 2.73. The van der Waals surface area contributed by atoms with Crippen LogP contribution in [0.3, 0.4) is 0 Å². The van der Waals surface area contributed by atoms with Gasteiger partial charge < -0.3 is 5.11 Å². The molecule has 0 radical (unpaired) electrons. The fourth-order valence-corrected chi connectivity index (χ4v) is 5.93. The van der Waals surface area contributed by atoms with E-state index in [0.29, 0.717) is 5.92 Å². The van der Waals surface area contributed by atoms with Gasteiger partial charge in [-0.3, -0.25) is 0 Å². The lowest BCUT2D eigenvalue weighted by Gasteiger charge is -2.55. The second-order valence-electron chi connectivity index (χ2n) is 6.71. The summed E-state index contributed by atoms with van der Waals surface area (Å²) in [7, 11) is 0. The Morgan fingerprint density at radius 1 is 1.17 bits per heavy atom. The number of hydrogen-bond donors (Lipinski definition) is 1. The fraction of sp³-hybridized carbons (Fsp3) is 0.800. The molecule has 4 bridgehead atoms. The van der Waals surface area contributed by atoms with Gasteiger partial charge in [0.05, 0.1) is 11.1 Å². The summed E-state index contributed by atoms with van der Waals surface area (Å²) in [6.45, 7) is 0. The highest BCUT2D eigenvalue weighted by atomic mass is 32.1. The van der Waals surface area contributed by atoms with Crippen molar-refractivity contribution in [2.45, 2.75) is 44.6 Å². The number of aliphatic hydroxyl groups is 1. The zero-order valence-corrected chi connectivity index (χ0v) is 11.5. The van der Waals surface area contributed by atoms with Gasteiger partial charge in [0, 0.05) is 18.0 Å². The third kappa shape index (κ3) is 1.83. The number of aliphatic hydroxyl groups excluding tert-OH is 1. The van der Waals surface area contributed by atoms with Crippen LogP contribution >= 0.6 is 11.3 Å². The largest absolute Gasteiger partial charge is 0.392 e. The van der Waals surface area contributed by atoms with Gasteiger partial charge in [-0.25, -0.2) is 4.98 Å². The predicted molar refractivity (Wildman–Crippen MR) is 72.4 cm³/mol. The van der Waals surface area contributed by atoms with Crippen LogP contribution in [0.15, 0.2) is 11.6 Å². The molecule has 3 heteroatoms. The van der Waals surface area contributed by atoms with E-state index in [4.69, 9.17) is 0 Å². The molecular formula is C15H21NOS. The smallest absolute Gasteiger partial charge is 0.0950 e.